The number of benzene rings is 1. The van der Waals surface area contributed by atoms with Crippen molar-refractivity contribution in [2.24, 2.45) is 0 Å². The minimum atomic E-state index is 0.466. The molecule has 0 bridgehead atoms. The Kier molecular flexibility index (Phi) is 3.38. The van der Waals surface area contributed by atoms with Crippen molar-refractivity contribution in [1.29, 1.82) is 0 Å². The van der Waals surface area contributed by atoms with Crippen molar-refractivity contribution >= 4 is 5.82 Å². The second-order valence-corrected chi connectivity index (χ2v) is 4.22. The summed E-state index contributed by atoms with van der Waals surface area (Å²) in [5.41, 5.74) is 9.24. The molecule has 2 rings (SSSR count). The first kappa shape index (κ1) is 12.3. The van der Waals surface area contributed by atoms with E-state index in [2.05, 4.69) is 30.8 Å². The molecule has 0 aliphatic rings. The summed E-state index contributed by atoms with van der Waals surface area (Å²) in [5.74, 6) is 4.21. The minimum Gasteiger partial charge on any atom is -0.383 e. The SMILES string of the molecule is C#CCn1c(CC)nc(-c2ccccc2C)c1N. The van der Waals surface area contributed by atoms with Crippen LogP contribution in [-0.4, -0.2) is 9.55 Å². The average Bonchev–Trinajstić information content (AvgIpc) is 2.68. The van der Waals surface area contributed by atoms with Gasteiger partial charge in [-0.1, -0.05) is 37.1 Å². The zero-order valence-corrected chi connectivity index (χ0v) is 10.8. The summed E-state index contributed by atoms with van der Waals surface area (Å²) < 4.78 is 1.90. The van der Waals surface area contributed by atoms with Crippen molar-refractivity contribution < 1.29 is 0 Å². The maximum absolute atomic E-state index is 6.17. The number of nitrogens with zero attached hydrogens (tertiary/aromatic N) is 2. The molecule has 92 valence electrons. The van der Waals surface area contributed by atoms with Crippen molar-refractivity contribution in [3.63, 3.8) is 0 Å². The number of aromatic nitrogens is 2. The van der Waals surface area contributed by atoms with Crippen LogP contribution < -0.4 is 5.73 Å². The van der Waals surface area contributed by atoms with Crippen LogP contribution in [0.3, 0.4) is 0 Å². The van der Waals surface area contributed by atoms with Gasteiger partial charge in [-0.2, -0.15) is 0 Å². The van der Waals surface area contributed by atoms with Gasteiger partial charge in [0.2, 0.25) is 0 Å². The van der Waals surface area contributed by atoms with Crippen molar-refractivity contribution in [2.75, 3.05) is 5.73 Å². The number of aryl methyl sites for hydroxylation is 2. The van der Waals surface area contributed by atoms with Gasteiger partial charge in [0.25, 0.3) is 0 Å². The van der Waals surface area contributed by atoms with Crippen LogP contribution in [0.4, 0.5) is 5.82 Å². The smallest absolute Gasteiger partial charge is 0.132 e. The highest BCUT2D eigenvalue weighted by atomic mass is 15.1. The summed E-state index contributed by atoms with van der Waals surface area (Å²) in [6.07, 6.45) is 6.19. The number of imidazole rings is 1. The summed E-state index contributed by atoms with van der Waals surface area (Å²) in [7, 11) is 0. The molecule has 2 N–H and O–H groups in total. The quantitative estimate of drug-likeness (QED) is 0.837. The lowest BCUT2D eigenvalue weighted by atomic mass is 10.1. The number of nitrogen functional groups attached to an aromatic ring is 1. The fourth-order valence-corrected chi connectivity index (χ4v) is 2.09. The van der Waals surface area contributed by atoms with Gasteiger partial charge >= 0.3 is 0 Å². The molecule has 3 nitrogen and oxygen atoms in total. The first-order chi connectivity index (χ1) is 8.69. The molecule has 1 heterocycles. The van der Waals surface area contributed by atoms with E-state index in [9.17, 15) is 0 Å². The molecule has 1 aromatic heterocycles. The van der Waals surface area contributed by atoms with Gasteiger partial charge in [0.05, 0.1) is 6.54 Å². The van der Waals surface area contributed by atoms with Crippen molar-refractivity contribution in [3.8, 4) is 23.6 Å². The molecule has 3 heteroatoms. The van der Waals surface area contributed by atoms with E-state index in [1.165, 1.54) is 0 Å². The fourth-order valence-electron chi connectivity index (χ4n) is 2.09. The van der Waals surface area contributed by atoms with Crippen LogP contribution in [0.15, 0.2) is 24.3 Å². The Morgan fingerprint density at radius 2 is 2.11 bits per heavy atom. The van der Waals surface area contributed by atoms with Gasteiger partial charge in [0.1, 0.15) is 17.3 Å². The predicted molar refractivity (Wildman–Crippen MR) is 75.0 cm³/mol. The molecular formula is C15H17N3. The predicted octanol–water partition coefficient (Wildman–Crippen LogP) is 2.64. The number of hydrogen-bond acceptors (Lipinski definition) is 2. The minimum absolute atomic E-state index is 0.466. The molecule has 0 aliphatic heterocycles. The largest absolute Gasteiger partial charge is 0.383 e. The standard InChI is InChI=1S/C15H17N3/c1-4-10-18-13(5-2)17-14(15(18)16)12-9-7-6-8-11(12)3/h1,6-9H,5,10,16H2,2-3H3. The number of nitrogens with two attached hydrogens (primary N) is 1. The summed E-state index contributed by atoms with van der Waals surface area (Å²) in [6.45, 7) is 4.57. The van der Waals surface area contributed by atoms with Gasteiger partial charge in [-0.15, -0.1) is 6.42 Å². The molecule has 0 fully saturated rings. The first-order valence-electron chi connectivity index (χ1n) is 6.03. The molecule has 0 spiro atoms. The summed E-state index contributed by atoms with van der Waals surface area (Å²) >= 11 is 0. The lowest BCUT2D eigenvalue weighted by Crippen LogP contribution is -2.05. The van der Waals surface area contributed by atoms with E-state index in [-0.39, 0.29) is 0 Å². The topological polar surface area (TPSA) is 43.8 Å². The van der Waals surface area contributed by atoms with Gasteiger partial charge in [-0.25, -0.2) is 4.98 Å². The van der Waals surface area contributed by atoms with Crippen LogP contribution in [0.1, 0.15) is 18.3 Å². The molecule has 0 saturated carbocycles. The van der Waals surface area contributed by atoms with Gasteiger partial charge in [0.15, 0.2) is 0 Å². The van der Waals surface area contributed by atoms with Crippen molar-refractivity contribution in [2.45, 2.75) is 26.8 Å². The zero-order valence-electron chi connectivity index (χ0n) is 10.8. The molecule has 0 radical (unpaired) electrons. The second-order valence-electron chi connectivity index (χ2n) is 4.22. The van der Waals surface area contributed by atoms with Crippen LogP contribution in [0.2, 0.25) is 0 Å². The Labute approximate surface area is 108 Å². The number of hydrogen-bond donors (Lipinski definition) is 1. The van der Waals surface area contributed by atoms with Crippen LogP contribution in [-0.2, 0) is 13.0 Å². The molecule has 2 aromatic rings. The summed E-state index contributed by atoms with van der Waals surface area (Å²) in [5, 5.41) is 0. The van der Waals surface area contributed by atoms with Crippen LogP contribution in [0.5, 0.6) is 0 Å². The molecule has 0 atom stereocenters. The van der Waals surface area contributed by atoms with E-state index < -0.39 is 0 Å². The highest BCUT2D eigenvalue weighted by molar-refractivity contribution is 5.73. The van der Waals surface area contributed by atoms with Crippen LogP contribution in [0.25, 0.3) is 11.3 Å². The number of rotatable bonds is 3. The van der Waals surface area contributed by atoms with Crippen molar-refractivity contribution in [1.82, 2.24) is 9.55 Å². The maximum atomic E-state index is 6.17. The summed E-state index contributed by atoms with van der Waals surface area (Å²) in [4.78, 5) is 4.62. The van der Waals surface area contributed by atoms with Gasteiger partial charge < -0.3 is 10.3 Å². The van der Waals surface area contributed by atoms with E-state index in [1.54, 1.807) is 0 Å². The average molecular weight is 239 g/mol. The zero-order chi connectivity index (χ0) is 13.1. The third kappa shape index (κ3) is 1.98. The highest BCUT2D eigenvalue weighted by Gasteiger charge is 2.15. The van der Waals surface area contributed by atoms with Crippen LogP contribution >= 0.6 is 0 Å². The van der Waals surface area contributed by atoms with E-state index in [1.807, 2.05) is 22.8 Å². The van der Waals surface area contributed by atoms with E-state index in [0.717, 1.165) is 29.1 Å². The van der Waals surface area contributed by atoms with Crippen LogP contribution in [0, 0.1) is 19.3 Å². The summed E-state index contributed by atoms with van der Waals surface area (Å²) in [6, 6.07) is 8.09. The fraction of sp³-hybridized carbons (Fsp3) is 0.267. The molecule has 0 unspecified atom stereocenters. The molecule has 1 aromatic carbocycles. The van der Waals surface area contributed by atoms with E-state index in [4.69, 9.17) is 12.2 Å². The Morgan fingerprint density at radius 3 is 2.72 bits per heavy atom. The lowest BCUT2D eigenvalue weighted by molar-refractivity contribution is 0.769. The van der Waals surface area contributed by atoms with E-state index >= 15 is 0 Å². The highest BCUT2D eigenvalue weighted by Crippen LogP contribution is 2.28. The molecule has 0 saturated heterocycles. The molecule has 18 heavy (non-hydrogen) atoms. The van der Waals surface area contributed by atoms with Crippen molar-refractivity contribution in [3.05, 3.63) is 35.7 Å². The Balaban J connectivity index is 2.60. The van der Waals surface area contributed by atoms with E-state index in [0.29, 0.717) is 12.4 Å². The Bertz CT molecular complexity index is 603. The first-order valence-corrected chi connectivity index (χ1v) is 6.03. The lowest BCUT2D eigenvalue weighted by Gasteiger charge is -2.05. The Hall–Kier alpha value is -2.21. The monoisotopic (exact) mass is 239 g/mol. The number of terminal acetylenes is 1. The molecule has 0 aliphatic carbocycles. The normalized spacial score (nSPS) is 10.3. The van der Waals surface area contributed by atoms with Gasteiger partial charge in [0, 0.05) is 12.0 Å². The van der Waals surface area contributed by atoms with Gasteiger partial charge in [-0.05, 0) is 12.5 Å². The molecular weight excluding hydrogens is 222 g/mol. The van der Waals surface area contributed by atoms with Gasteiger partial charge in [-0.3, -0.25) is 0 Å². The maximum Gasteiger partial charge on any atom is 0.132 e. The third-order valence-electron chi connectivity index (χ3n) is 3.05. The number of anilines is 1. The third-order valence-corrected chi connectivity index (χ3v) is 3.05. The molecule has 0 amide bonds. The Morgan fingerprint density at radius 1 is 1.39 bits per heavy atom. The second kappa shape index (κ2) is 4.97.